The van der Waals surface area contributed by atoms with Crippen LogP contribution in [0.15, 0.2) is 32.9 Å². The minimum absolute atomic E-state index is 0.0769. The largest absolute Gasteiger partial charge is 0.458 e. The first kappa shape index (κ1) is 14.9. The topological polar surface area (TPSA) is 127 Å². The van der Waals surface area contributed by atoms with Gasteiger partial charge in [0.15, 0.2) is 5.76 Å². The Hall–Kier alpha value is -3.05. The van der Waals surface area contributed by atoms with Crippen LogP contribution in [0.3, 0.4) is 0 Å². The van der Waals surface area contributed by atoms with Gasteiger partial charge in [-0.05, 0) is 6.92 Å². The van der Waals surface area contributed by atoms with E-state index in [1.54, 1.807) is 24.9 Å². The van der Waals surface area contributed by atoms with Gasteiger partial charge in [0.2, 0.25) is 17.1 Å². The number of aliphatic hydroxyl groups excluding tert-OH is 1. The molecule has 3 heterocycles. The summed E-state index contributed by atoms with van der Waals surface area (Å²) in [5.74, 6) is -0.703. The highest BCUT2D eigenvalue weighted by Gasteiger charge is 2.36. The van der Waals surface area contributed by atoms with Gasteiger partial charge >= 0.3 is 0 Å². The molecule has 0 bridgehead atoms. The zero-order chi connectivity index (χ0) is 16.7. The normalized spacial score (nSPS) is 16.7. The molecule has 0 radical (unpaired) electrons. The Morgan fingerprint density at radius 1 is 1.57 bits per heavy atom. The van der Waals surface area contributed by atoms with E-state index < -0.39 is 18.0 Å². The van der Waals surface area contributed by atoms with Crippen molar-refractivity contribution in [3.63, 3.8) is 0 Å². The van der Waals surface area contributed by atoms with Crippen molar-refractivity contribution in [1.29, 1.82) is 5.26 Å². The smallest absolute Gasteiger partial charge is 0.228 e. The molecule has 0 amide bonds. The van der Waals surface area contributed by atoms with E-state index in [2.05, 4.69) is 5.10 Å². The second kappa shape index (κ2) is 5.30. The van der Waals surface area contributed by atoms with Gasteiger partial charge in [0.05, 0.1) is 11.6 Å². The van der Waals surface area contributed by atoms with E-state index in [-0.39, 0.29) is 28.7 Å². The Morgan fingerprint density at radius 3 is 2.87 bits per heavy atom. The zero-order valence-corrected chi connectivity index (χ0v) is 12.5. The first-order valence-corrected chi connectivity index (χ1v) is 6.81. The summed E-state index contributed by atoms with van der Waals surface area (Å²) < 4.78 is 12.5. The Morgan fingerprint density at radius 2 is 2.30 bits per heavy atom. The van der Waals surface area contributed by atoms with Crippen LogP contribution in [-0.2, 0) is 13.7 Å². The molecule has 0 saturated heterocycles. The predicted octanol–water partition coefficient (Wildman–Crippen LogP) is 0.392. The quantitative estimate of drug-likeness (QED) is 0.820. The van der Waals surface area contributed by atoms with E-state index in [1.807, 2.05) is 6.07 Å². The number of aliphatic hydroxyl groups is 1. The Bertz CT molecular complexity index is 917. The molecule has 8 nitrogen and oxygen atoms in total. The fraction of sp³-hybridized carbons (Fsp3) is 0.267. The molecule has 3 rings (SSSR count). The van der Waals surface area contributed by atoms with Gasteiger partial charge < -0.3 is 20.0 Å². The van der Waals surface area contributed by atoms with E-state index in [4.69, 9.17) is 14.9 Å². The van der Waals surface area contributed by atoms with Crippen LogP contribution in [0.2, 0.25) is 0 Å². The van der Waals surface area contributed by atoms with E-state index in [1.165, 1.54) is 0 Å². The minimum atomic E-state index is -0.711. The van der Waals surface area contributed by atoms with E-state index >= 15 is 0 Å². The number of ether oxygens (including phenoxy) is 1. The second-order valence-electron chi connectivity index (χ2n) is 5.20. The molecule has 0 aromatic carbocycles. The van der Waals surface area contributed by atoms with Crippen LogP contribution in [0, 0.1) is 18.3 Å². The SMILES string of the molecule is Cc1nn(C)cc1[C@H]1C(C#N)=C(N)Oc2c1oc(CO)cc2=O. The highest BCUT2D eigenvalue weighted by molar-refractivity contribution is 5.52. The van der Waals surface area contributed by atoms with Crippen LogP contribution in [0.5, 0.6) is 5.75 Å². The number of nitrogens with two attached hydrogens (primary N) is 1. The lowest BCUT2D eigenvalue weighted by atomic mass is 9.88. The van der Waals surface area contributed by atoms with Crippen molar-refractivity contribution >= 4 is 0 Å². The van der Waals surface area contributed by atoms with Gasteiger partial charge in [0, 0.05) is 24.9 Å². The molecule has 1 aliphatic heterocycles. The average molecular weight is 314 g/mol. The maximum absolute atomic E-state index is 12.2. The molecule has 1 aliphatic rings. The van der Waals surface area contributed by atoms with Gasteiger partial charge in [-0.15, -0.1) is 0 Å². The van der Waals surface area contributed by atoms with Crippen LogP contribution in [0.4, 0.5) is 0 Å². The molecule has 0 aliphatic carbocycles. The average Bonchev–Trinajstić information content (AvgIpc) is 2.84. The van der Waals surface area contributed by atoms with Gasteiger partial charge in [-0.25, -0.2) is 0 Å². The summed E-state index contributed by atoms with van der Waals surface area (Å²) in [6.07, 6.45) is 1.73. The molecular formula is C15H14N4O4. The first-order valence-electron chi connectivity index (χ1n) is 6.81. The number of hydrogen-bond donors (Lipinski definition) is 2. The fourth-order valence-electron chi connectivity index (χ4n) is 2.67. The molecular weight excluding hydrogens is 300 g/mol. The molecule has 118 valence electrons. The number of aryl methyl sites for hydroxylation is 2. The number of aromatic nitrogens is 2. The monoisotopic (exact) mass is 314 g/mol. The molecule has 23 heavy (non-hydrogen) atoms. The molecule has 1 atom stereocenters. The maximum Gasteiger partial charge on any atom is 0.228 e. The lowest BCUT2D eigenvalue weighted by molar-refractivity contribution is 0.231. The number of hydrogen-bond acceptors (Lipinski definition) is 7. The lowest BCUT2D eigenvalue weighted by Crippen LogP contribution is -2.25. The zero-order valence-electron chi connectivity index (χ0n) is 12.5. The minimum Gasteiger partial charge on any atom is -0.458 e. The van der Waals surface area contributed by atoms with E-state index in [9.17, 15) is 15.2 Å². The predicted molar refractivity (Wildman–Crippen MR) is 78.1 cm³/mol. The van der Waals surface area contributed by atoms with Crippen LogP contribution >= 0.6 is 0 Å². The van der Waals surface area contributed by atoms with Gasteiger partial charge in [-0.3, -0.25) is 9.48 Å². The lowest BCUT2D eigenvalue weighted by Gasteiger charge is -2.24. The Balaban J connectivity index is 2.33. The molecule has 3 N–H and O–H groups in total. The van der Waals surface area contributed by atoms with Crippen LogP contribution < -0.4 is 15.9 Å². The van der Waals surface area contributed by atoms with Crippen molar-refractivity contribution in [3.05, 3.63) is 56.7 Å². The van der Waals surface area contributed by atoms with Gasteiger partial charge in [0.25, 0.3) is 0 Å². The van der Waals surface area contributed by atoms with Gasteiger partial charge in [0.1, 0.15) is 24.0 Å². The van der Waals surface area contributed by atoms with Crippen LogP contribution in [0.1, 0.15) is 28.7 Å². The third-order valence-corrected chi connectivity index (χ3v) is 3.65. The first-order chi connectivity index (χ1) is 11.0. The molecule has 8 heteroatoms. The van der Waals surface area contributed by atoms with Crippen molar-refractivity contribution in [1.82, 2.24) is 9.78 Å². The standard InChI is InChI=1S/C15H14N4O4/c1-7-10(5-19(2)18-7)12-9(4-16)15(17)23-13-11(21)3-8(6-20)22-14(12)13/h3,5,12,20H,6,17H2,1-2H3/t12-/m1/s1. The second-order valence-corrected chi connectivity index (χ2v) is 5.20. The molecule has 0 unspecified atom stereocenters. The molecule has 2 aromatic heterocycles. The molecule has 0 saturated carbocycles. The summed E-state index contributed by atoms with van der Waals surface area (Å²) in [6, 6.07) is 3.14. The van der Waals surface area contributed by atoms with Crippen molar-refractivity contribution in [3.8, 4) is 11.8 Å². The third kappa shape index (κ3) is 2.27. The van der Waals surface area contributed by atoms with Crippen molar-refractivity contribution in [2.75, 3.05) is 0 Å². The number of allylic oxidation sites excluding steroid dienone is 1. The summed E-state index contributed by atoms with van der Waals surface area (Å²) >= 11 is 0. The van der Waals surface area contributed by atoms with Gasteiger partial charge in [-0.1, -0.05) is 0 Å². The number of nitrogens with zero attached hydrogens (tertiary/aromatic N) is 3. The molecule has 0 fully saturated rings. The third-order valence-electron chi connectivity index (χ3n) is 3.65. The maximum atomic E-state index is 12.2. The summed E-state index contributed by atoms with van der Waals surface area (Å²) in [6.45, 7) is 1.34. The van der Waals surface area contributed by atoms with Crippen LogP contribution in [-0.4, -0.2) is 14.9 Å². The molecule has 0 spiro atoms. The van der Waals surface area contributed by atoms with Crippen LogP contribution in [0.25, 0.3) is 0 Å². The van der Waals surface area contributed by atoms with Gasteiger partial charge in [-0.2, -0.15) is 10.4 Å². The highest BCUT2D eigenvalue weighted by atomic mass is 16.5. The van der Waals surface area contributed by atoms with E-state index in [0.717, 1.165) is 6.07 Å². The van der Waals surface area contributed by atoms with Crippen molar-refractivity contribution in [2.45, 2.75) is 19.4 Å². The summed E-state index contributed by atoms with van der Waals surface area (Å²) in [5, 5.41) is 23.0. The molecule has 2 aromatic rings. The summed E-state index contributed by atoms with van der Waals surface area (Å²) in [7, 11) is 1.75. The number of fused-ring (bicyclic) bond motifs is 1. The number of rotatable bonds is 2. The Kier molecular flexibility index (Phi) is 3.42. The number of nitriles is 1. The summed E-state index contributed by atoms with van der Waals surface area (Å²) in [4.78, 5) is 12.2. The Labute approximate surface area is 131 Å². The fourth-order valence-corrected chi connectivity index (χ4v) is 2.67. The van der Waals surface area contributed by atoms with Crippen molar-refractivity contribution in [2.24, 2.45) is 12.8 Å². The summed E-state index contributed by atoms with van der Waals surface area (Å²) in [5.41, 5.74) is 6.81. The highest BCUT2D eigenvalue weighted by Crippen LogP contribution is 2.41. The van der Waals surface area contributed by atoms with Crippen molar-refractivity contribution < 1.29 is 14.3 Å². The van der Waals surface area contributed by atoms with E-state index in [0.29, 0.717) is 11.3 Å².